The first kappa shape index (κ1) is 16.0. The van der Waals surface area contributed by atoms with Gasteiger partial charge in [-0.2, -0.15) is 0 Å². The van der Waals surface area contributed by atoms with Crippen LogP contribution in [-0.2, 0) is 4.79 Å². The summed E-state index contributed by atoms with van der Waals surface area (Å²) in [5, 5.41) is 7.03. The zero-order chi connectivity index (χ0) is 14.3. The molecule has 0 aliphatic heterocycles. The summed E-state index contributed by atoms with van der Waals surface area (Å²) in [6.45, 7) is 6.72. The minimum atomic E-state index is 0.0865. The first-order valence-electron chi connectivity index (χ1n) is 6.81. The zero-order valence-corrected chi connectivity index (χ0v) is 12.6. The summed E-state index contributed by atoms with van der Waals surface area (Å²) in [5.41, 5.74) is 1.17. The molecule has 19 heavy (non-hydrogen) atoms. The second-order valence-corrected chi connectivity index (χ2v) is 5.38. The Morgan fingerprint density at radius 3 is 2.68 bits per heavy atom. The lowest BCUT2D eigenvalue weighted by Gasteiger charge is -2.18. The summed E-state index contributed by atoms with van der Waals surface area (Å²) in [5.74, 6) is 0.0865. The van der Waals surface area contributed by atoms with E-state index in [1.807, 2.05) is 32.0 Å². The zero-order valence-electron chi connectivity index (χ0n) is 11.9. The van der Waals surface area contributed by atoms with E-state index in [1.165, 1.54) is 5.56 Å². The van der Waals surface area contributed by atoms with Gasteiger partial charge in [0.25, 0.3) is 0 Å². The fourth-order valence-corrected chi connectivity index (χ4v) is 2.17. The third kappa shape index (κ3) is 6.08. The monoisotopic (exact) mass is 282 g/mol. The van der Waals surface area contributed by atoms with Gasteiger partial charge in [0.1, 0.15) is 0 Å². The molecule has 1 rings (SSSR count). The molecule has 0 aliphatic rings. The van der Waals surface area contributed by atoms with Gasteiger partial charge in [0, 0.05) is 30.1 Å². The highest BCUT2D eigenvalue weighted by Crippen LogP contribution is 2.20. The normalized spacial score (nSPS) is 12.5. The predicted octanol–water partition coefficient (Wildman–Crippen LogP) is 3.30. The molecule has 106 valence electrons. The topological polar surface area (TPSA) is 41.1 Å². The van der Waals surface area contributed by atoms with Crippen molar-refractivity contribution in [3.8, 4) is 0 Å². The van der Waals surface area contributed by atoms with Crippen LogP contribution >= 0.6 is 11.6 Å². The van der Waals surface area contributed by atoms with Crippen molar-refractivity contribution < 1.29 is 4.79 Å². The fourth-order valence-electron chi connectivity index (χ4n) is 1.98. The van der Waals surface area contributed by atoms with E-state index in [0.717, 1.165) is 11.4 Å². The van der Waals surface area contributed by atoms with E-state index in [-0.39, 0.29) is 18.0 Å². The Hall–Kier alpha value is -1.06. The minimum absolute atomic E-state index is 0.0865. The van der Waals surface area contributed by atoms with Gasteiger partial charge in [0.05, 0.1) is 0 Å². The molecule has 2 N–H and O–H groups in total. The smallest absolute Gasteiger partial charge is 0.221 e. The summed E-state index contributed by atoms with van der Waals surface area (Å²) in [7, 11) is 0. The van der Waals surface area contributed by atoms with Crippen LogP contribution in [0.4, 0.5) is 0 Å². The number of hydrogen-bond donors (Lipinski definition) is 2. The molecule has 0 saturated heterocycles. The van der Waals surface area contributed by atoms with Crippen LogP contribution in [0.25, 0.3) is 0 Å². The summed E-state index contributed by atoms with van der Waals surface area (Å²) in [6, 6.07) is 8.28. The fraction of sp³-hybridized carbons (Fsp3) is 0.533. The largest absolute Gasteiger partial charge is 0.354 e. The predicted molar refractivity (Wildman–Crippen MR) is 80.4 cm³/mol. The van der Waals surface area contributed by atoms with Crippen LogP contribution in [0.15, 0.2) is 24.3 Å². The summed E-state index contributed by atoms with van der Waals surface area (Å²) >= 11 is 6.00. The van der Waals surface area contributed by atoms with Crippen LogP contribution < -0.4 is 10.6 Å². The van der Waals surface area contributed by atoms with Crippen molar-refractivity contribution in [3.63, 3.8) is 0 Å². The average molecular weight is 283 g/mol. The number of benzene rings is 1. The number of hydrogen-bond acceptors (Lipinski definition) is 2. The lowest BCUT2D eigenvalue weighted by Crippen LogP contribution is -2.33. The maximum Gasteiger partial charge on any atom is 0.221 e. The number of amides is 1. The van der Waals surface area contributed by atoms with E-state index >= 15 is 0 Å². The average Bonchev–Trinajstić information content (AvgIpc) is 2.33. The number of halogens is 1. The molecular formula is C15H23ClN2O. The molecule has 1 amide bonds. The Morgan fingerprint density at radius 1 is 1.37 bits per heavy atom. The molecule has 4 heteroatoms. The van der Waals surface area contributed by atoms with Crippen molar-refractivity contribution in [3.05, 3.63) is 34.9 Å². The Morgan fingerprint density at radius 2 is 2.11 bits per heavy atom. The number of carbonyl (C=O) groups excluding carboxylic acids is 1. The van der Waals surface area contributed by atoms with Crippen molar-refractivity contribution in [2.75, 3.05) is 6.54 Å². The SMILES string of the molecule is CCC(NCCC(=O)NC(C)C)c1cccc(Cl)c1. The molecule has 0 heterocycles. The molecule has 1 atom stereocenters. The van der Waals surface area contributed by atoms with E-state index in [0.29, 0.717) is 13.0 Å². The van der Waals surface area contributed by atoms with Crippen LogP contribution in [0.1, 0.15) is 45.2 Å². The van der Waals surface area contributed by atoms with Gasteiger partial charge in [0.15, 0.2) is 0 Å². The van der Waals surface area contributed by atoms with Gasteiger partial charge < -0.3 is 10.6 Å². The van der Waals surface area contributed by atoms with E-state index in [2.05, 4.69) is 23.6 Å². The second kappa shape index (κ2) is 8.18. The van der Waals surface area contributed by atoms with E-state index in [4.69, 9.17) is 11.6 Å². The molecule has 1 unspecified atom stereocenters. The highest BCUT2D eigenvalue weighted by atomic mass is 35.5. The molecule has 0 fully saturated rings. The second-order valence-electron chi connectivity index (χ2n) is 4.94. The summed E-state index contributed by atoms with van der Waals surface area (Å²) in [6.07, 6.45) is 1.46. The molecule has 1 aromatic rings. The number of rotatable bonds is 7. The van der Waals surface area contributed by atoms with E-state index in [1.54, 1.807) is 0 Å². The van der Waals surface area contributed by atoms with Crippen molar-refractivity contribution in [1.82, 2.24) is 10.6 Å². The Bertz CT molecular complexity index is 407. The van der Waals surface area contributed by atoms with Gasteiger partial charge in [0.2, 0.25) is 5.91 Å². The Kier molecular flexibility index (Phi) is 6.89. The van der Waals surface area contributed by atoms with Crippen molar-refractivity contribution >= 4 is 17.5 Å². The van der Waals surface area contributed by atoms with Crippen molar-refractivity contribution in [1.29, 1.82) is 0 Å². The van der Waals surface area contributed by atoms with E-state index < -0.39 is 0 Å². The maximum absolute atomic E-state index is 11.5. The molecule has 0 aromatic heterocycles. The van der Waals surface area contributed by atoms with Gasteiger partial charge in [-0.25, -0.2) is 0 Å². The highest BCUT2D eigenvalue weighted by molar-refractivity contribution is 6.30. The lowest BCUT2D eigenvalue weighted by atomic mass is 10.0. The lowest BCUT2D eigenvalue weighted by molar-refractivity contribution is -0.121. The quantitative estimate of drug-likeness (QED) is 0.806. The van der Waals surface area contributed by atoms with Gasteiger partial charge in [-0.05, 0) is 38.0 Å². The number of nitrogens with one attached hydrogen (secondary N) is 2. The minimum Gasteiger partial charge on any atom is -0.354 e. The maximum atomic E-state index is 11.5. The van der Waals surface area contributed by atoms with Crippen LogP contribution in [0.3, 0.4) is 0 Å². The van der Waals surface area contributed by atoms with Crippen LogP contribution in [0.2, 0.25) is 5.02 Å². The molecule has 0 aliphatic carbocycles. The molecular weight excluding hydrogens is 260 g/mol. The Balaban J connectivity index is 2.43. The first-order chi connectivity index (χ1) is 9.02. The van der Waals surface area contributed by atoms with Crippen LogP contribution in [0, 0.1) is 0 Å². The van der Waals surface area contributed by atoms with Crippen molar-refractivity contribution in [2.24, 2.45) is 0 Å². The molecule has 0 spiro atoms. The first-order valence-corrected chi connectivity index (χ1v) is 7.19. The molecule has 3 nitrogen and oxygen atoms in total. The van der Waals surface area contributed by atoms with Crippen molar-refractivity contribution in [2.45, 2.75) is 45.7 Å². The van der Waals surface area contributed by atoms with E-state index in [9.17, 15) is 4.79 Å². The summed E-state index contributed by atoms with van der Waals surface area (Å²) < 4.78 is 0. The molecule has 0 bridgehead atoms. The molecule has 1 aromatic carbocycles. The van der Waals surface area contributed by atoms with Gasteiger partial charge in [-0.3, -0.25) is 4.79 Å². The van der Waals surface area contributed by atoms with Gasteiger partial charge in [-0.15, -0.1) is 0 Å². The Labute approximate surface area is 120 Å². The third-order valence-corrected chi connectivity index (χ3v) is 3.09. The standard InChI is InChI=1S/C15H23ClN2O/c1-4-14(12-6-5-7-13(16)10-12)17-9-8-15(19)18-11(2)3/h5-7,10-11,14,17H,4,8-9H2,1-3H3,(H,18,19). The van der Waals surface area contributed by atoms with Crippen LogP contribution in [0.5, 0.6) is 0 Å². The van der Waals surface area contributed by atoms with Crippen LogP contribution in [-0.4, -0.2) is 18.5 Å². The molecule has 0 radical (unpaired) electrons. The summed E-state index contributed by atoms with van der Waals surface area (Å²) in [4.78, 5) is 11.5. The van der Waals surface area contributed by atoms with Gasteiger partial charge in [-0.1, -0.05) is 30.7 Å². The molecule has 0 saturated carbocycles. The highest BCUT2D eigenvalue weighted by Gasteiger charge is 2.10. The number of carbonyl (C=O) groups is 1. The van der Waals surface area contributed by atoms with Gasteiger partial charge >= 0.3 is 0 Å². The third-order valence-electron chi connectivity index (χ3n) is 2.85.